The zero-order valence-electron chi connectivity index (χ0n) is 15.1. The highest BCUT2D eigenvalue weighted by Gasteiger charge is 2.12. The summed E-state index contributed by atoms with van der Waals surface area (Å²) in [5, 5.41) is 7.03. The summed E-state index contributed by atoms with van der Waals surface area (Å²) in [5.74, 6) is -1.13. The molecule has 1 N–H and O–H groups in total. The van der Waals surface area contributed by atoms with Gasteiger partial charge in [0.1, 0.15) is 11.6 Å². The summed E-state index contributed by atoms with van der Waals surface area (Å²) in [4.78, 5) is 23.9. The number of rotatable bonds is 6. The first-order valence-electron chi connectivity index (χ1n) is 8.53. The number of ether oxygens (including phenoxy) is 1. The number of carbonyl (C=O) groups is 2. The zero-order valence-corrected chi connectivity index (χ0v) is 15.1. The van der Waals surface area contributed by atoms with E-state index in [9.17, 15) is 14.0 Å². The molecule has 3 aromatic rings. The number of amides is 1. The maximum absolute atomic E-state index is 13.1. The molecule has 0 fully saturated rings. The molecule has 0 spiro atoms. The molecule has 1 amide bonds. The Morgan fingerprint density at radius 3 is 2.68 bits per heavy atom. The van der Waals surface area contributed by atoms with Crippen molar-refractivity contribution in [1.82, 2.24) is 9.78 Å². The fourth-order valence-electron chi connectivity index (χ4n) is 2.49. The molecule has 0 unspecified atom stereocenters. The summed E-state index contributed by atoms with van der Waals surface area (Å²) in [6.07, 6.45) is 2.55. The van der Waals surface area contributed by atoms with Gasteiger partial charge in [-0.3, -0.25) is 4.79 Å². The summed E-state index contributed by atoms with van der Waals surface area (Å²) in [6.45, 7) is 1.36. The average Bonchev–Trinajstić information content (AvgIpc) is 3.05. The third-order valence-corrected chi connectivity index (χ3v) is 3.71. The smallest absolute Gasteiger partial charge is 0.331 e. The van der Waals surface area contributed by atoms with E-state index in [1.165, 1.54) is 24.3 Å². The molecule has 0 atom stereocenters. The molecule has 0 radical (unpaired) electrons. The van der Waals surface area contributed by atoms with Crippen LogP contribution in [0.25, 0.3) is 11.8 Å². The van der Waals surface area contributed by atoms with Crippen LogP contribution in [0, 0.1) is 12.7 Å². The standard InChI is InChI=1S/C21H18FN3O3/c1-15-12-19(25(24-15)18-8-3-2-4-9-18)23-20(26)14-28-21(27)11-10-16-6-5-7-17(22)13-16/h2-13H,14H2,1H3,(H,23,26)/b11-10+. The van der Waals surface area contributed by atoms with E-state index in [-0.39, 0.29) is 0 Å². The molecule has 6 nitrogen and oxygen atoms in total. The van der Waals surface area contributed by atoms with Crippen molar-refractivity contribution in [2.75, 3.05) is 11.9 Å². The first-order valence-corrected chi connectivity index (χ1v) is 8.53. The lowest BCUT2D eigenvalue weighted by atomic mass is 10.2. The topological polar surface area (TPSA) is 73.2 Å². The van der Waals surface area contributed by atoms with E-state index in [1.54, 1.807) is 16.8 Å². The van der Waals surface area contributed by atoms with Gasteiger partial charge in [-0.2, -0.15) is 5.10 Å². The minimum Gasteiger partial charge on any atom is -0.452 e. The SMILES string of the molecule is Cc1cc(NC(=O)COC(=O)/C=C/c2cccc(F)c2)n(-c2ccccc2)n1. The predicted octanol–water partition coefficient (Wildman–Crippen LogP) is 3.51. The molecule has 28 heavy (non-hydrogen) atoms. The van der Waals surface area contributed by atoms with Crippen molar-refractivity contribution in [2.24, 2.45) is 0 Å². The Morgan fingerprint density at radius 2 is 1.93 bits per heavy atom. The molecule has 1 heterocycles. The van der Waals surface area contributed by atoms with E-state index in [4.69, 9.17) is 4.74 Å². The van der Waals surface area contributed by atoms with Crippen molar-refractivity contribution in [1.29, 1.82) is 0 Å². The highest BCUT2D eigenvalue weighted by Crippen LogP contribution is 2.16. The van der Waals surface area contributed by atoms with Crippen molar-refractivity contribution < 1.29 is 18.7 Å². The van der Waals surface area contributed by atoms with E-state index >= 15 is 0 Å². The van der Waals surface area contributed by atoms with Gasteiger partial charge in [-0.15, -0.1) is 0 Å². The third-order valence-electron chi connectivity index (χ3n) is 3.71. The maximum atomic E-state index is 13.1. The second-order valence-corrected chi connectivity index (χ2v) is 5.96. The van der Waals surface area contributed by atoms with Gasteiger partial charge in [-0.1, -0.05) is 30.3 Å². The van der Waals surface area contributed by atoms with Gasteiger partial charge >= 0.3 is 5.97 Å². The number of nitrogens with one attached hydrogen (secondary N) is 1. The number of anilines is 1. The van der Waals surface area contributed by atoms with Crippen LogP contribution in [0.1, 0.15) is 11.3 Å². The van der Waals surface area contributed by atoms with E-state index in [0.717, 1.165) is 17.5 Å². The van der Waals surface area contributed by atoms with Crippen LogP contribution in [0.3, 0.4) is 0 Å². The first-order chi connectivity index (χ1) is 13.5. The molecule has 3 rings (SSSR count). The van der Waals surface area contributed by atoms with Crippen LogP contribution in [0.2, 0.25) is 0 Å². The number of carbonyl (C=O) groups excluding carboxylic acids is 2. The zero-order chi connectivity index (χ0) is 19.9. The number of hydrogen-bond acceptors (Lipinski definition) is 4. The maximum Gasteiger partial charge on any atom is 0.331 e. The van der Waals surface area contributed by atoms with Gasteiger partial charge in [0, 0.05) is 12.1 Å². The molecule has 0 saturated carbocycles. The van der Waals surface area contributed by atoms with Crippen LogP contribution in [-0.4, -0.2) is 28.3 Å². The summed E-state index contributed by atoms with van der Waals surface area (Å²) in [7, 11) is 0. The molecule has 0 aliphatic heterocycles. The second kappa shape index (κ2) is 8.77. The number of aryl methyl sites for hydroxylation is 1. The van der Waals surface area contributed by atoms with Gasteiger partial charge in [-0.25, -0.2) is 13.9 Å². The third kappa shape index (κ3) is 5.14. The highest BCUT2D eigenvalue weighted by molar-refractivity contribution is 5.94. The largest absolute Gasteiger partial charge is 0.452 e. The summed E-state index contributed by atoms with van der Waals surface area (Å²) >= 11 is 0. The molecule has 0 bridgehead atoms. The van der Waals surface area contributed by atoms with Crippen LogP contribution in [0.5, 0.6) is 0 Å². The Morgan fingerprint density at radius 1 is 1.14 bits per heavy atom. The molecule has 0 aliphatic rings. The lowest BCUT2D eigenvalue weighted by molar-refractivity contribution is -0.142. The van der Waals surface area contributed by atoms with Gasteiger partial charge in [0.15, 0.2) is 6.61 Å². The van der Waals surface area contributed by atoms with Gasteiger partial charge < -0.3 is 10.1 Å². The number of esters is 1. The Hall–Kier alpha value is -3.74. The Bertz CT molecular complexity index is 1010. The lowest BCUT2D eigenvalue weighted by Crippen LogP contribution is -2.21. The molecule has 142 valence electrons. The molecule has 7 heteroatoms. The average molecular weight is 379 g/mol. The quantitative estimate of drug-likeness (QED) is 0.525. The van der Waals surface area contributed by atoms with Crippen molar-refractivity contribution in [3.8, 4) is 5.69 Å². The summed E-state index contributed by atoms with van der Waals surface area (Å²) in [5.41, 5.74) is 2.04. The molecule has 2 aromatic carbocycles. The Kier molecular flexibility index (Phi) is 5.96. The van der Waals surface area contributed by atoms with Crippen LogP contribution < -0.4 is 5.32 Å². The molecule has 0 saturated heterocycles. The number of hydrogen-bond donors (Lipinski definition) is 1. The lowest BCUT2D eigenvalue weighted by Gasteiger charge is -2.08. The first kappa shape index (κ1) is 19.0. The van der Waals surface area contributed by atoms with Crippen molar-refractivity contribution >= 4 is 23.8 Å². The second-order valence-electron chi connectivity index (χ2n) is 5.96. The van der Waals surface area contributed by atoms with Crippen LogP contribution in [0.15, 0.2) is 66.7 Å². The van der Waals surface area contributed by atoms with Gasteiger partial charge in [0.05, 0.1) is 11.4 Å². The van der Waals surface area contributed by atoms with Crippen LogP contribution in [0.4, 0.5) is 10.2 Å². The van der Waals surface area contributed by atoms with Crippen molar-refractivity contribution in [3.63, 3.8) is 0 Å². The minimum atomic E-state index is -0.702. The molecule has 0 aliphatic carbocycles. The van der Waals surface area contributed by atoms with E-state index in [2.05, 4.69) is 10.4 Å². The Balaban J connectivity index is 1.57. The van der Waals surface area contributed by atoms with E-state index in [1.807, 2.05) is 37.3 Å². The predicted molar refractivity (Wildman–Crippen MR) is 103 cm³/mol. The van der Waals surface area contributed by atoms with Gasteiger partial charge in [0.25, 0.3) is 5.91 Å². The molecule has 1 aromatic heterocycles. The fraction of sp³-hybridized carbons (Fsp3) is 0.0952. The van der Waals surface area contributed by atoms with Crippen molar-refractivity contribution in [3.05, 3.63) is 83.8 Å². The van der Waals surface area contributed by atoms with E-state index in [0.29, 0.717) is 11.4 Å². The van der Waals surface area contributed by atoms with Gasteiger partial charge in [-0.05, 0) is 42.8 Å². The van der Waals surface area contributed by atoms with Crippen molar-refractivity contribution in [2.45, 2.75) is 6.92 Å². The van der Waals surface area contributed by atoms with Crippen LogP contribution in [-0.2, 0) is 14.3 Å². The normalized spacial score (nSPS) is 10.8. The number of benzene rings is 2. The highest BCUT2D eigenvalue weighted by atomic mass is 19.1. The number of halogens is 1. The summed E-state index contributed by atoms with van der Waals surface area (Å²) in [6, 6.07) is 16.8. The molecular formula is C21H18FN3O3. The van der Waals surface area contributed by atoms with E-state index < -0.39 is 24.3 Å². The fourth-order valence-corrected chi connectivity index (χ4v) is 2.49. The number of para-hydroxylation sites is 1. The number of nitrogens with zero attached hydrogens (tertiary/aromatic N) is 2. The number of aromatic nitrogens is 2. The minimum absolute atomic E-state index is 0.403. The summed E-state index contributed by atoms with van der Waals surface area (Å²) < 4.78 is 19.6. The monoisotopic (exact) mass is 379 g/mol. The Labute approximate surface area is 161 Å². The van der Waals surface area contributed by atoms with Gasteiger partial charge in [0.2, 0.25) is 0 Å². The molecular weight excluding hydrogens is 361 g/mol. The van der Waals surface area contributed by atoms with Crippen LogP contribution >= 0.6 is 0 Å².